The van der Waals surface area contributed by atoms with Gasteiger partial charge in [0.05, 0.1) is 12.8 Å². The van der Waals surface area contributed by atoms with Crippen LogP contribution in [-0.4, -0.2) is 69.9 Å². The molecule has 1 aromatic carbocycles. The number of aliphatic hydroxyl groups excluding tert-OH is 4. The van der Waals surface area contributed by atoms with Crippen LogP contribution in [0, 0.1) is 0 Å². The molecule has 9 heteroatoms. The minimum atomic E-state index is -1.56. The van der Waals surface area contributed by atoms with Crippen LogP contribution in [-0.2, 0) is 4.74 Å². The second kappa shape index (κ2) is 7.99. The van der Waals surface area contributed by atoms with Crippen molar-refractivity contribution >= 4 is 12.2 Å². The first kappa shape index (κ1) is 17.3. The van der Waals surface area contributed by atoms with Gasteiger partial charge in [-0.05, 0) is 5.56 Å². The number of rotatable bonds is 4. The number of hydrogen-bond acceptors (Lipinski definition) is 7. The molecule has 1 fully saturated rings. The number of carbonyl (C=O) groups excluding carboxylic acids is 1. The van der Waals surface area contributed by atoms with Gasteiger partial charge in [-0.1, -0.05) is 30.3 Å². The molecule has 23 heavy (non-hydrogen) atoms. The Bertz CT molecular complexity index is 539. The first-order valence-corrected chi connectivity index (χ1v) is 6.98. The Morgan fingerprint density at radius 2 is 1.87 bits per heavy atom. The third-order valence-corrected chi connectivity index (χ3v) is 3.34. The number of ether oxygens (including phenoxy) is 1. The quantitative estimate of drug-likeness (QED) is 0.282. The number of nitrogens with one attached hydrogen (secondary N) is 2. The van der Waals surface area contributed by atoms with E-state index in [0.717, 1.165) is 5.56 Å². The number of benzene rings is 1. The number of nitrogens with zero attached hydrogens (tertiary/aromatic N) is 1. The van der Waals surface area contributed by atoms with Gasteiger partial charge in [0.15, 0.2) is 6.23 Å². The molecule has 0 saturated carbocycles. The predicted molar refractivity (Wildman–Crippen MR) is 79.5 cm³/mol. The van der Waals surface area contributed by atoms with Gasteiger partial charge in [-0.15, -0.1) is 0 Å². The molecule has 2 rings (SSSR count). The molecule has 6 N–H and O–H groups in total. The fourth-order valence-corrected chi connectivity index (χ4v) is 2.09. The highest BCUT2D eigenvalue weighted by Gasteiger charge is 2.43. The van der Waals surface area contributed by atoms with E-state index in [9.17, 15) is 20.1 Å². The molecule has 0 unspecified atom stereocenters. The number of aliphatic hydroxyl groups is 4. The van der Waals surface area contributed by atoms with Crippen LogP contribution in [0.1, 0.15) is 5.56 Å². The molecule has 1 saturated heterocycles. The van der Waals surface area contributed by atoms with E-state index in [4.69, 9.17) is 9.84 Å². The Labute approximate surface area is 132 Å². The summed E-state index contributed by atoms with van der Waals surface area (Å²) in [4.78, 5) is 11.7. The van der Waals surface area contributed by atoms with Crippen LogP contribution < -0.4 is 10.7 Å². The molecule has 0 spiro atoms. The zero-order chi connectivity index (χ0) is 16.8. The number of hydrogen-bond donors (Lipinski definition) is 6. The summed E-state index contributed by atoms with van der Waals surface area (Å²) < 4.78 is 5.13. The first-order valence-electron chi connectivity index (χ1n) is 6.98. The second-order valence-electron chi connectivity index (χ2n) is 5.00. The van der Waals surface area contributed by atoms with Crippen LogP contribution in [0.3, 0.4) is 0 Å². The van der Waals surface area contributed by atoms with Gasteiger partial charge >= 0.3 is 6.03 Å². The van der Waals surface area contributed by atoms with E-state index in [2.05, 4.69) is 15.8 Å². The van der Waals surface area contributed by atoms with E-state index in [0.29, 0.717) is 0 Å². The third-order valence-electron chi connectivity index (χ3n) is 3.34. The molecular weight excluding hydrogens is 306 g/mol. The monoisotopic (exact) mass is 325 g/mol. The van der Waals surface area contributed by atoms with Crippen molar-refractivity contribution in [2.24, 2.45) is 5.10 Å². The molecule has 0 radical (unpaired) electrons. The molecule has 0 bridgehead atoms. The molecule has 126 valence electrons. The Kier molecular flexibility index (Phi) is 6.02. The van der Waals surface area contributed by atoms with Gasteiger partial charge in [-0.2, -0.15) is 5.10 Å². The largest absolute Gasteiger partial charge is 0.394 e. The Hall–Kier alpha value is -2.04. The van der Waals surface area contributed by atoms with Gasteiger partial charge < -0.3 is 30.5 Å². The maximum Gasteiger partial charge on any atom is 0.337 e. The molecular formula is C14H19N3O6. The molecule has 9 nitrogen and oxygen atoms in total. The summed E-state index contributed by atoms with van der Waals surface area (Å²) in [5.74, 6) is 0. The summed E-state index contributed by atoms with van der Waals surface area (Å²) in [6, 6.07) is 8.28. The summed E-state index contributed by atoms with van der Waals surface area (Å²) in [5.41, 5.74) is 2.96. The zero-order valence-corrected chi connectivity index (χ0v) is 12.1. The van der Waals surface area contributed by atoms with Crippen LogP contribution in [0.4, 0.5) is 4.79 Å². The number of urea groups is 1. The summed E-state index contributed by atoms with van der Waals surface area (Å²) in [5, 5.41) is 44.0. The predicted octanol–water partition coefficient (Wildman–Crippen LogP) is -1.88. The van der Waals surface area contributed by atoms with Crippen molar-refractivity contribution < 1.29 is 30.0 Å². The van der Waals surface area contributed by atoms with Gasteiger partial charge in [0.1, 0.15) is 24.4 Å². The van der Waals surface area contributed by atoms with E-state index in [1.807, 2.05) is 18.2 Å². The lowest BCUT2D eigenvalue weighted by Crippen LogP contribution is -2.63. The van der Waals surface area contributed by atoms with Crippen molar-refractivity contribution in [3.63, 3.8) is 0 Å². The normalized spacial score (nSPS) is 31.0. The highest BCUT2D eigenvalue weighted by Crippen LogP contribution is 2.19. The Morgan fingerprint density at radius 1 is 1.17 bits per heavy atom. The SMILES string of the molecule is O=C(N/N=C/c1ccccc1)N[C@@H]1O[C@H](CO)[C@@H](O)[C@H](O)[C@H]1O. The Morgan fingerprint density at radius 3 is 2.52 bits per heavy atom. The minimum Gasteiger partial charge on any atom is -0.394 e. The standard InChI is InChI=1S/C14H19N3O6/c18-7-9-10(19)11(20)12(21)13(23-9)16-14(22)17-15-6-8-4-2-1-3-5-8/h1-6,9-13,18-21H,7H2,(H2,16,17,22)/b15-6+/t9-,10-,11+,12-,13-/m1/s1. The molecule has 2 amide bonds. The summed E-state index contributed by atoms with van der Waals surface area (Å²) in [6.45, 7) is -0.573. The van der Waals surface area contributed by atoms with Crippen molar-refractivity contribution in [3.05, 3.63) is 35.9 Å². The van der Waals surface area contributed by atoms with Gasteiger partial charge in [0.2, 0.25) is 0 Å². The highest BCUT2D eigenvalue weighted by atomic mass is 16.6. The molecule has 1 heterocycles. The minimum absolute atomic E-state index is 0.573. The van der Waals surface area contributed by atoms with Crippen molar-refractivity contribution in [2.45, 2.75) is 30.6 Å². The fourth-order valence-electron chi connectivity index (χ4n) is 2.09. The third kappa shape index (κ3) is 4.47. The molecule has 0 aromatic heterocycles. The lowest BCUT2D eigenvalue weighted by Gasteiger charge is -2.39. The molecule has 0 aliphatic carbocycles. The van der Waals surface area contributed by atoms with Crippen molar-refractivity contribution in [3.8, 4) is 0 Å². The summed E-state index contributed by atoms with van der Waals surface area (Å²) >= 11 is 0. The van der Waals surface area contributed by atoms with Crippen LogP contribution in [0.15, 0.2) is 35.4 Å². The van der Waals surface area contributed by atoms with Crippen molar-refractivity contribution in [1.29, 1.82) is 0 Å². The van der Waals surface area contributed by atoms with Crippen molar-refractivity contribution in [1.82, 2.24) is 10.7 Å². The van der Waals surface area contributed by atoms with Gasteiger partial charge in [0, 0.05) is 0 Å². The average Bonchev–Trinajstić information content (AvgIpc) is 2.56. The van der Waals surface area contributed by atoms with E-state index in [1.165, 1.54) is 6.21 Å². The lowest BCUT2D eigenvalue weighted by molar-refractivity contribution is -0.233. The smallest absolute Gasteiger partial charge is 0.337 e. The maximum absolute atomic E-state index is 11.7. The maximum atomic E-state index is 11.7. The Balaban J connectivity index is 1.88. The van der Waals surface area contributed by atoms with Crippen LogP contribution in [0.5, 0.6) is 0 Å². The first-order chi connectivity index (χ1) is 11.0. The second-order valence-corrected chi connectivity index (χ2v) is 5.00. The summed E-state index contributed by atoms with van der Waals surface area (Å²) in [7, 11) is 0. The van der Waals surface area contributed by atoms with E-state index in [1.54, 1.807) is 12.1 Å². The molecule has 1 aliphatic rings. The number of hydrazone groups is 1. The topological polar surface area (TPSA) is 144 Å². The van der Waals surface area contributed by atoms with E-state index in [-0.39, 0.29) is 0 Å². The number of carbonyl (C=O) groups is 1. The van der Waals surface area contributed by atoms with E-state index >= 15 is 0 Å². The zero-order valence-electron chi connectivity index (χ0n) is 12.1. The number of amides is 2. The molecule has 5 atom stereocenters. The lowest BCUT2D eigenvalue weighted by atomic mass is 9.98. The van der Waals surface area contributed by atoms with E-state index < -0.39 is 43.3 Å². The highest BCUT2D eigenvalue weighted by molar-refractivity contribution is 5.81. The van der Waals surface area contributed by atoms with Gasteiger partial charge in [-0.3, -0.25) is 0 Å². The molecule has 1 aliphatic heterocycles. The summed E-state index contributed by atoms with van der Waals surface area (Å²) in [6.07, 6.45) is -5.54. The van der Waals surface area contributed by atoms with Crippen LogP contribution in [0.2, 0.25) is 0 Å². The van der Waals surface area contributed by atoms with Gasteiger partial charge in [0.25, 0.3) is 0 Å². The van der Waals surface area contributed by atoms with Gasteiger partial charge in [-0.25, -0.2) is 10.2 Å². The fraction of sp³-hybridized carbons (Fsp3) is 0.429. The molecule has 1 aromatic rings. The van der Waals surface area contributed by atoms with Crippen molar-refractivity contribution in [2.75, 3.05) is 6.61 Å². The average molecular weight is 325 g/mol. The van der Waals surface area contributed by atoms with Crippen LogP contribution in [0.25, 0.3) is 0 Å². The van der Waals surface area contributed by atoms with Crippen LogP contribution >= 0.6 is 0 Å².